The molecule has 126 valence electrons. The Morgan fingerprint density at radius 1 is 1.00 bits per heavy atom. The molecule has 25 heavy (non-hydrogen) atoms. The van der Waals surface area contributed by atoms with E-state index in [4.69, 9.17) is 13.6 Å². The molecule has 0 unspecified atom stereocenters. The van der Waals surface area contributed by atoms with Crippen LogP contribution >= 0.6 is 23.1 Å². The molecule has 3 aromatic heterocycles. The van der Waals surface area contributed by atoms with Gasteiger partial charge in [-0.1, -0.05) is 17.8 Å². The third kappa shape index (κ3) is 3.57. The summed E-state index contributed by atoms with van der Waals surface area (Å²) in [5, 5.41) is 18.6. The number of methoxy groups -OCH3 is 1. The van der Waals surface area contributed by atoms with E-state index in [0.29, 0.717) is 28.6 Å². The number of thiophene rings is 1. The largest absolute Gasteiger partial charge is 0.497 e. The van der Waals surface area contributed by atoms with E-state index in [2.05, 4.69) is 20.4 Å². The fraction of sp³-hybridized carbons (Fsp3) is 0.125. The molecule has 0 atom stereocenters. The Bertz CT molecular complexity index is 948. The number of rotatable bonds is 6. The van der Waals surface area contributed by atoms with Crippen LogP contribution in [-0.2, 0) is 5.75 Å². The molecule has 4 aromatic rings. The van der Waals surface area contributed by atoms with Crippen molar-refractivity contribution in [2.45, 2.75) is 11.0 Å². The molecule has 0 N–H and O–H groups in total. The first-order valence-corrected chi connectivity index (χ1v) is 9.15. The number of hydrogen-bond acceptors (Lipinski definition) is 9. The number of benzene rings is 1. The summed E-state index contributed by atoms with van der Waals surface area (Å²) in [6.07, 6.45) is 0. The van der Waals surface area contributed by atoms with Gasteiger partial charge in [0.2, 0.25) is 11.8 Å². The second kappa shape index (κ2) is 7.08. The lowest BCUT2D eigenvalue weighted by atomic mass is 10.2. The number of thioether (sulfide) groups is 1. The minimum atomic E-state index is 0.446. The molecule has 0 fully saturated rings. The smallest absolute Gasteiger partial charge is 0.277 e. The van der Waals surface area contributed by atoms with Crippen LogP contribution in [0.3, 0.4) is 0 Å². The summed E-state index contributed by atoms with van der Waals surface area (Å²) in [5.41, 5.74) is 0.831. The summed E-state index contributed by atoms with van der Waals surface area (Å²) in [7, 11) is 1.62. The Labute approximate surface area is 151 Å². The lowest BCUT2D eigenvalue weighted by molar-refractivity contribution is 0.414. The Morgan fingerprint density at radius 2 is 1.84 bits per heavy atom. The Morgan fingerprint density at radius 3 is 2.60 bits per heavy atom. The van der Waals surface area contributed by atoms with Gasteiger partial charge in [0.25, 0.3) is 11.1 Å². The van der Waals surface area contributed by atoms with Gasteiger partial charge in [-0.2, -0.15) is 0 Å². The minimum absolute atomic E-state index is 0.446. The highest BCUT2D eigenvalue weighted by Gasteiger charge is 2.13. The maximum Gasteiger partial charge on any atom is 0.277 e. The third-order valence-electron chi connectivity index (χ3n) is 3.26. The first-order valence-electron chi connectivity index (χ1n) is 7.29. The number of nitrogens with zero attached hydrogens (tertiary/aromatic N) is 4. The molecule has 0 saturated heterocycles. The molecule has 0 saturated carbocycles. The lowest BCUT2D eigenvalue weighted by Gasteiger charge is -1.99. The van der Waals surface area contributed by atoms with Gasteiger partial charge < -0.3 is 13.6 Å². The SMILES string of the molecule is COc1ccc(-c2nnc(SCc3nnc(-c4cccs4)o3)o2)cc1. The van der Waals surface area contributed by atoms with E-state index in [0.717, 1.165) is 16.2 Å². The number of hydrogen-bond donors (Lipinski definition) is 0. The second-order valence-corrected chi connectivity index (χ2v) is 6.74. The van der Waals surface area contributed by atoms with Gasteiger partial charge in [-0.25, -0.2) is 0 Å². The predicted molar refractivity (Wildman–Crippen MR) is 93.5 cm³/mol. The fourth-order valence-corrected chi connectivity index (χ4v) is 3.30. The second-order valence-electron chi connectivity index (χ2n) is 4.87. The summed E-state index contributed by atoms with van der Waals surface area (Å²) in [4.78, 5) is 0.948. The molecule has 0 aliphatic heterocycles. The highest BCUT2D eigenvalue weighted by Crippen LogP contribution is 2.28. The Hall–Kier alpha value is -2.65. The van der Waals surface area contributed by atoms with E-state index in [1.54, 1.807) is 18.4 Å². The first kappa shape index (κ1) is 15.9. The van der Waals surface area contributed by atoms with Crippen molar-refractivity contribution in [1.29, 1.82) is 0 Å². The predicted octanol–water partition coefficient (Wildman–Crippen LogP) is 4.15. The highest BCUT2D eigenvalue weighted by molar-refractivity contribution is 7.98. The third-order valence-corrected chi connectivity index (χ3v) is 4.92. The van der Waals surface area contributed by atoms with Crippen molar-refractivity contribution in [1.82, 2.24) is 20.4 Å². The monoisotopic (exact) mass is 372 g/mol. The van der Waals surface area contributed by atoms with Crippen LogP contribution in [0.25, 0.3) is 22.2 Å². The van der Waals surface area contributed by atoms with E-state index in [1.807, 2.05) is 41.8 Å². The van der Waals surface area contributed by atoms with E-state index in [9.17, 15) is 0 Å². The van der Waals surface area contributed by atoms with E-state index in [-0.39, 0.29) is 0 Å². The summed E-state index contributed by atoms with van der Waals surface area (Å²) >= 11 is 2.90. The zero-order chi connectivity index (χ0) is 17.1. The van der Waals surface area contributed by atoms with Gasteiger partial charge in [0.05, 0.1) is 17.7 Å². The van der Waals surface area contributed by atoms with Gasteiger partial charge >= 0.3 is 0 Å². The zero-order valence-corrected chi connectivity index (χ0v) is 14.7. The molecular weight excluding hydrogens is 360 g/mol. The van der Waals surface area contributed by atoms with Crippen LogP contribution in [0.5, 0.6) is 5.75 Å². The number of aromatic nitrogens is 4. The van der Waals surface area contributed by atoms with Crippen LogP contribution in [0.15, 0.2) is 55.8 Å². The Balaban J connectivity index is 1.41. The van der Waals surface area contributed by atoms with Gasteiger partial charge in [0, 0.05) is 5.56 Å². The normalized spacial score (nSPS) is 10.9. The highest BCUT2D eigenvalue weighted by atomic mass is 32.2. The average Bonchev–Trinajstić information content (AvgIpc) is 3.41. The molecular formula is C16H12N4O3S2. The lowest BCUT2D eigenvalue weighted by Crippen LogP contribution is -1.82. The van der Waals surface area contributed by atoms with Crippen LogP contribution in [0, 0.1) is 0 Å². The Kier molecular flexibility index (Phi) is 4.49. The quantitative estimate of drug-likeness (QED) is 0.467. The molecule has 0 bridgehead atoms. The molecule has 0 aliphatic carbocycles. The van der Waals surface area contributed by atoms with Crippen molar-refractivity contribution < 1.29 is 13.6 Å². The van der Waals surface area contributed by atoms with Crippen LogP contribution in [0.1, 0.15) is 5.89 Å². The summed E-state index contributed by atoms with van der Waals surface area (Å²) in [5.74, 6) is 2.72. The molecule has 3 heterocycles. The topological polar surface area (TPSA) is 87.1 Å². The van der Waals surface area contributed by atoms with E-state index in [1.165, 1.54) is 11.8 Å². The van der Waals surface area contributed by atoms with Crippen molar-refractivity contribution in [2.24, 2.45) is 0 Å². The molecule has 0 aliphatic rings. The van der Waals surface area contributed by atoms with E-state index < -0.39 is 0 Å². The van der Waals surface area contributed by atoms with Gasteiger partial charge in [0.1, 0.15) is 5.75 Å². The fourth-order valence-electron chi connectivity index (χ4n) is 2.05. The molecule has 0 amide bonds. The van der Waals surface area contributed by atoms with Crippen LogP contribution in [-0.4, -0.2) is 27.5 Å². The van der Waals surface area contributed by atoms with Gasteiger partial charge in [-0.05, 0) is 35.7 Å². The molecule has 7 nitrogen and oxygen atoms in total. The summed E-state index contributed by atoms with van der Waals surface area (Å²) < 4.78 is 16.4. The number of ether oxygens (including phenoxy) is 1. The summed E-state index contributed by atoms with van der Waals surface area (Å²) in [6.45, 7) is 0. The van der Waals surface area contributed by atoms with Crippen molar-refractivity contribution in [2.75, 3.05) is 7.11 Å². The van der Waals surface area contributed by atoms with E-state index >= 15 is 0 Å². The molecule has 9 heteroatoms. The van der Waals surface area contributed by atoms with Crippen molar-refractivity contribution in [3.05, 3.63) is 47.7 Å². The molecule has 4 rings (SSSR count). The maximum atomic E-state index is 5.66. The zero-order valence-electron chi connectivity index (χ0n) is 13.1. The average molecular weight is 372 g/mol. The van der Waals surface area contributed by atoms with Gasteiger partial charge in [0.15, 0.2) is 0 Å². The van der Waals surface area contributed by atoms with Crippen molar-refractivity contribution in [3.8, 4) is 28.0 Å². The van der Waals surface area contributed by atoms with Gasteiger partial charge in [-0.15, -0.1) is 31.7 Å². The minimum Gasteiger partial charge on any atom is -0.497 e. The van der Waals surface area contributed by atoms with Crippen molar-refractivity contribution in [3.63, 3.8) is 0 Å². The standard InChI is InChI=1S/C16H12N4O3S2/c1-21-11-6-4-10(5-7-11)14-18-20-16(23-14)25-9-13-17-19-15(22-13)12-3-2-8-24-12/h2-8H,9H2,1H3. The van der Waals surface area contributed by atoms with Crippen LogP contribution in [0.4, 0.5) is 0 Å². The van der Waals surface area contributed by atoms with Crippen molar-refractivity contribution >= 4 is 23.1 Å². The summed E-state index contributed by atoms with van der Waals surface area (Å²) in [6, 6.07) is 11.3. The van der Waals surface area contributed by atoms with Crippen LogP contribution in [0.2, 0.25) is 0 Å². The van der Waals surface area contributed by atoms with Gasteiger partial charge in [-0.3, -0.25) is 0 Å². The maximum absolute atomic E-state index is 5.66. The molecule has 0 radical (unpaired) electrons. The van der Waals surface area contributed by atoms with Crippen LogP contribution < -0.4 is 4.74 Å². The first-order chi connectivity index (χ1) is 12.3. The molecule has 0 spiro atoms. The molecule has 1 aromatic carbocycles.